The zero-order valence-corrected chi connectivity index (χ0v) is 11.5. The van der Waals surface area contributed by atoms with E-state index in [1.165, 1.54) is 0 Å². The molecule has 0 aromatic heterocycles. The summed E-state index contributed by atoms with van der Waals surface area (Å²) in [6, 6.07) is 0. The standard InChI is InChI=1S/C9H15Cl2O3P/c1-6(2)9(11)7(10)5-15(12,13)14-8(9,3)4/h5-6H,1-4H3,(H,12,13). The van der Waals surface area contributed by atoms with E-state index >= 15 is 0 Å². The summed E-state index contributed by atoms with van der Waals surface area (Å²) in [5.74, 6) is 1.01. The molecule has 0 saturated heterocycles. The molecule has 1 rings (SSSR count). The van der Waals surface area contributed by atoms with Crippen LogP contribution in [-0.2, 0) is 9.09 Å². The Bertz CT molecular complexity index is 351. The topological polar surface area (TPSA) is 46.5 Å². The average molecular weight is 273 g/mol. The molecule has 1 aliphatic rings. The highest BCUT2D eigenvalue weighted by molar-refractivity contribution is 7.56. The van der Waals surface area contributed by atoms with E-state index in [2.05, 4.69) is 0 Å². The third-order valence-electron chi connectivity index (χ3n) is 2.65. The summed E-state index contributed by atoms with van der Waals surface area (Å²) in [5.41, 5.74) is -0.987. The molecule has 15 heavy (non-hydrogen) atoms. The summed E-state index contributed by atoms with van der Waals surface area (Å²) in [6.45, 7) is 7.11. The normalized spacial score (nSPS) is 40.4. The van der Waals surface area contributed by atoms with Crippen molar-refractivity contribution in [3.8, 4) is 0 Å². The summed E-state index contributed by atoms with van der Waals surface area (Å²) >= 11 is 12.4. The molecule has 3 nitrogen and oxygen atoms in total. The Morgan fingerprint density at radius 3 is 2.33 bits per heavy atom. The van der Waals surface area contributed by atoms with Gasteiger partial charge in [-0.25, -0.2) is 0 Å². The van der Waals surface area contributed by atoms with Gasteiger partial charge in [0.2, 0.25) is 0 Å². The van der Waals surface area contributed by atoms with Gasteiger partial charge in [-0.3, -0.25) is 9.09 Å². The average Bonchev–Trinajstić information content (AvgIpc) is 1.96. The van der Waals surface area contributed by atoms with Crippen molar-refractivity contribution in [2.24, 2.45) is 5.92 Å². The van der Waals surface area contributed by atoms with Crippen molar-refractivity contribution in [2.45, 2.75) is 38.2 Å². The number of hydrogen-bond donors (Lipinski definition) is 1. The van der Waals surface area contributed by atoms with Crippen LogP contribution in [0, 0.1) is 5.92 Å². The maximum Gasteiger partial charge on any atom is 0.353 e. The zero-order valence-electron chi connectivity index (χ0n) is 9.12. The van der Waals surface area contributed by atoms with Crippen LogP contribution < -0.4 is 0 Å². The molecule has 88 valence electrons. The van der Waals surface area contributed by atoms with E-state index in [1.54, 1.807) is 13.8 Å². The SMILES string of the molecule is CC(C)C1(Cl)C(Cl)=CP(=O)(O)OC1(C)C. The molecule has 2 atom stereocenters. The van der Waals surface area contributed by atoms with Crippen LogP contribution in [-0.4, -0.2) is 15.4 Å². The highest BCUT2D eigenvalue weighted by atomic mass is 35.5. The molecule has 0 spiro atoms. The Kier molecular flexibility index (Phi) is 3.38. The summed E-state index contributed by atoms with van der Waals surface area (Å²) in [7, 11) is -3.76. The predicted molar refractivity (Wildman–Crippen MR) is 62.3 cm³/mol. The van der Waals surface area contributed by atoms with Crippen LogP contribution >= 0.6 is 30.8 Å². The third kappa shape index (κ3) is 2.13. The van der Waals surface area contributed by atoms with Crippen LogP contribution in [0.4, 0.5) is 0 Å². The lowest BCUT2D eigenvalue weighted by Crippen LogP contribution is -2.52. The Hall–Kier alpha value is 0.470. The Balaban J connectivity index is 3.35. The molecule has 1 N–H and O–H groups in total. The molecule has 0 fully saturated rings. The van der Waals surface area contributed by atoms with Crippen molar-refractivity contribution in [1.82, 2.24) is 0 Å². The molecule has 0 amide bonds. The Morgan fingerprint density at radius 2 is 2.00 bits per heavy atom. The number of alkyl halides is 1. The van der Waals surface area contributed by atoms with Crippen molar-refractivity contribution in [1.29, 1.82) is 0 Å². The van der Waals surface area contributed by atoms with E-state index in [0.29, 0.717) is 0 Å². The fourth-order valence-corrected chi connectivity index (χ4v) is 4.30. The summed E-state index contributed by atoms with van der Waals surface area (Å²) in [5, 5.41) is 0.182. The van der Waals surface area contributed by atoms with E-state index in [9.17, 15) is 9.46 Å². The fraction of sp³-hybridized carbons (Fsp3) is 0.778. The lowest BCUT2D eigenvalue weighted by Gasteiger charge is -2.47. The molecule has 0 aliphatic carbocycles. The first kappa shape index (κ1) is 13.5. The summed E-state index contributed by atoms with van der Waals surface area (Å²) in [6.07, 6.45) is 0. The molecule has 0 aromatic rings. The molecule has 1 aliphatic heterocycles. The van der Waals surface area contributed by atoms with Crippen LogP contribution in [0.3, 0.4) is 0 Å². The lowest BCUT2D eigenvalue weighted by atomic mass is 9.81. The van der Waals surface area contributed by atoms with Crippen LogP contribution in [0.2, 0.25) is 0 Å². The second-order valence-corrected chi connectivity index (χ2v) is 7.08. The molecule has 2 unspecified atom stereocenters. The first-order chi connectivity index (χ1) is 6.53. The lowest BCUT2D eigenvalue weighted by molar-refractivity contribution is 0.0434. The van der Waals surface area contributed by atoms with Crippen molar-refractivity contribution < 1.29 is 14.0 Å². The molecular formula is C9H15Cl2O3P. The molecule has 0 radical (unpaired) electrons. The van der Waals surface area contributed by atoms with Gasteiger partial charge in [-0.15, -0.1) is 11.6 Å². The molecule has 0 bridgehead atoms. The Labute approximate surface area is 99.9 Å². The van der Waals surface area contributed by atoms with E-state index in [-0.39, 0.29) is 11.0 Å². The zero-order chi connectivity index (χ0) is 12.1. The molecule has 0 saturated carbocycles. The predicted octanol–water partition coefficient (Wildman–Crippen LogP) is 3.69. The van der Waals surface area contributed by atoms with Crippen molar-refractivity contribution >= 4 is 30.8 Å². The van der Waals surface area contributed by atoms with Crippen LogP contribution in [0.1, 0.15) is 27.7 Å². The molecule has 6 heteroatoms. The first-order valence-corrected chi connectivity index (χ1v) is 7.04. The molecule has 1 heterocycles. The van der Waals surface area contributed by atoms with Gasteiger partial charge in [-0.2, -0.15) is 0 Å². The van der Waals surface area contributed by atoms with Crippen LogP contribution in [0.5, 0.6) is 0 Å². The van der Waals surface area contributed by atoms with Gasteiger partial charge in [-0.1, -0.05) is 25.4 Å². The molecule has 0 aromatic carbocycles. The maximum atomic E-state index is 11.5. The maximum absolute atomic E-state index is 11.5. The minimum Gasteiger partial charge on any atom is -0.321 e. The summed E-state index contributed by atoms with van der Waals surface area (Å²) in [4.78, 5) is 8.44. The van der Waals surface area contributed by atoms with Gasteiger partial charge in [0.05, 0.1) is 10.6 Å². The second kappa shape index (κ2) is 3.75. The van der Waals surface area contributed by atoms with Crippen molar-refractivity contribution in [3.63, 3.8) is 0 Å². The third-order valence-corrected chi connectivity index (χ3v) is 5.71. The van der Waals surface area contributed by atoms with Crippen molar-refractivity contribution in [3.05, 3.63) is 10.8 Å². The van der Waals surface area contributed by atoms with E-state index in [0.717, 1.165) is 5.82 Å². The minimum atomic E-state index is -3.76. The number of hydrogen-bond acceptors (Lipinski definition) is 2. The van der Waals surface area contributed by atoms with Gasteiger partial charge in [-0.05, 0) is 19.8 Å². The smallest absolute Gasteiger partial charge is 0.321 e. The van der Waals surface area contributed by atoms with Gasteiger partial charge >= 0.3 is 7.60 Å². The van der Waals surface area contributed by atoms with Crippen LogP contribution in [0.15, 0.2) is 10.8 Å². The van der Waals surface area contributed by atoms with Crippen LogP contribution in [0.25, 0.3) is 0 Å². The largest absolute Gasteiger partial charge is 0.353 e. The van der Waals surface area contributed by atoms with Crippen molar-refractivity contribution in [2.75, 3.05) is 0 Å². The van der Waals surface area contributed by atoms with Gasteiger partial charge in [0.15, 0.2) is 0 Å². The van der Waals surface area contributed by atoms with Gasteiger partial charge in [0.1, 0.15) is 4.87 Å². The fourth-order valence-electron chi connectivity index (χ4n) is 1.92. The second-order valence-electron chi connectivity index (χ2n) is 4.51. The Morgan fingerprint density at radius 1 is 1.53 bits per heavy atom. The molecular weight excluding hydrogens is 258 g/mol. The minimum absolute atomic E-state index is 0.0155. The van der Waals surface area contributed by atoms with Gasteiger partial charge in [0, 0.05) is 5.82 Å². The van der Waals surface area contributed by atoms with Gasteiger partial charge in [0.25, 0.3) is 0 Å². The highest BCUT2D eigenvalue weighted by Gasteiger charge is 2.55. The van der Waals surface area contributed by atoms with E-state index in [1.807, 2.05) is 13.8 Å². The first-order valence-electron chi connectivity index (χ1n) is 4.64. The quantitative estimate of drug-likeness (QED) is 0.585. The van der Waals surface area contributed by atoms with E-state index < -0.39 is 18.1 Å². The number of rotatable bonds is 1. The van der Waals surface area contributed by atoms with E-state index in [4.69, 9.17) is 27.7 Å². The summed E-state index contributed by atoms with van der Waals surface area (Å²) < 4.78 is 16.6. The number of halogens is 2. The highest BCUT2D eigenvalue weighted by Crippen LogP contribution is 2.61. The van der Waals surface area contributed by atoms with Gasteiger partial charge < -0.3 is 4.89 Å². The monoisotopic (exact) mass is 272 g/mol.